The Morgan fingerprint density at radius 1 is 1.13 bits per heavy atom. The summed E-state index contributed by atoms with van der Waals surface area (Å²) < 4.78 is 47.2. The summed E-state index contributed by atoms with van der Waals surface area (Å²) in [5, 5.41) is -0.161. The normalized spacial score (nSPS) is 22.6. The van der Waals surface area contributed by atoms with Crippen molar-refractivity contribution in [2.45, 2.75) is 11.1 Å². The number of para-hydroxylation sites is 1. The van der Waals surface area contributed by atoms with E-state index in [1.165, 1.54) is 21.3 Å². The number of furan rings is 1. The molecule has 2 aromatic rings. The Morgan fingerprint density at radius 3 is 2.52 bits per heavy atom. The summed E-state index contributed by atoms with van der Waals surface area (Å²) in [5.74, 6) is -0.420. The topological polar surface area (TPSA) is 98.1 Å². The van der Waals surface area contributed by atoms with Crippen molar-refractivity contribution in [1.29, 1.82) is 0 Å². The highest BCUT2D eigenvalue weighted by Crippen LogP contribution is 2.30. The minimum atomic E-state index is -3.84. The van der Waals surface area contributed by atoms with E-state index in [0.29, 0.717) is 31.1 Å². The van der Waals surface area contributed by atoms with Gasteiger partial charge in [-0.15, -0.1) is 0 Å². The highest BCUT2D eigenvalue weighted by Gasteiger charge is 2.38. The lowest BCUT2D eigenvalue weighted by Gasteiger charge is -2.35. The largest absolute Gasteiger partial charge is 0.447 e. The van der Waals surface area contributed by atoms with Crippen LogP contribution < -0.4 is 15.8 Å². The van der Waals surface area contributed by atoms with Crippen LogP contribution in [0.25, 0.3) is 0 Å². The molecule has 1 aromatic carbocycles. The Bertz CT molecular complexity index is 1050. The molecule has 0 bridgehead atoms. The summed E-state index contributed by atoms with van der Waals surface area (Å²) in [6.45, 7) is 1.61. The van der Waals surface area contributed by atoms with Crippen LogP contribution in [-0.2, 0) is 14.8 Å². The molecule has 31 heavy (non-hydrogen) atoms. The van der Waals surface area contributed by atoms with E-state index < -0.39 is 22.0 Å². The molecule has 2 fully saturated rings. The van der Waals surface area contributed by atoms with Crippen molar-refractivity contribution in [2.24, 2.45) is 5.92 Å². The third kappa shape index (κ3) is 4.18. The number of nitrogens with one attached hydrogen (secondary N) is 2. The molecule has 2 aliphatic heterocycles. The lowest BCUT2D eigenvalue weighted by molar-refractivity contribution is -0.133. The molecular formula is C20H26FN5O4S. The number of carbonyl (C=O) groups excluding carboxylic acids is 1. The van der Waals surface area contributed by atoms with Crippen molar-refractivity contribution in [3.63, 3.8) is 0 Å². The number of hydrogen-bond donors (Lipinski definition) is 2. The van der Waals surface area contributed by atoms with Gasteiger partial charge in [0, 0.05) is 46.8 Å². The zero-order chi connectivity index (χ0) is 22.2. The molecule has 168 valence electrons. The maximum Gasteiger partial charge on any atom is 0.276 e. The first kappa shape index (κ1) is 21.8. The number of rotatable bonds is 5. The summed E-state index contributed by atoms with van der Waals surface area (Å²) >= 11 is 0. The van der Waals surface area contributed by atoms with Gasteiger partial charge in [0.15, 0.2) is 0 Å². The predicted octanol–water partition coefficient (Wildman–Crippen LogP) is 0.783. The maximum absolute atomic E-state index is 14.0. The number of nitrogens with zero attached hydrogens (tertiary/aromatic N) is 3. The van der Waals surface area contributed by atoms with Crippen LogP contribution in [-0.4, -0.2) is 70.3 Å². The zero-order valence-electron chi connectivity index (χ0n) is 17.4. The molecule has 2 aliphatic rings. The van der Waals surface area contributed by atoms with Crippen molar-refractivity contribution in [2.75, 3.05) is 51.7 Å². The minimum absolute atomic E-state index is 0.0763. The van der Waals surface area contributed by atoms with Gasteiger partial charge in [0.1, 0.15) is 11.6 Å². The summed E-state index contributed by atoms with van der Waals surface area (Å²) in [6.07, 6.45) is 0. The van der Waals surface area contributed by atoms with E-state index in [-0.39, 0.29) is 29.9 Å². The molecular weight excluding hydrogens is 425 g/mol. The van der Waals surface area contributed by atoms with Crippen LogP contribution >= 0.6 is 0 Å². The second kappa shape index (κ2) is 8.58. The van der Waals surface area contributed by atoms with Gasteiger partial charge >= 0.3 is 0 Å². The Kier molecular flexibility index (Phi) is 6.02. The first-order chi connectivity index (χ1) is 14.8. The fraction of sp³-hybridized carbons (Fsp3) is 0.450. The van der Waals surface area contributed by atoms with Crippen molar-refractivity contribution >= 4 is 21.6 Å². The molecule has 2 N–H and O–H groups in total. The van der Waals surface area contributed by atoms with Crippen LogP contribution in [0, 0.1) is 11.7 Å². The maximum atomic E-state index is 14.0. The van der Waals surface area contributed by atoms with Gasteiger partial charge in [-0.3, -0.25) is 10.2 Å². The van der Waals surface area contributed by atoms with Crippen molar-refractivity contribution < 1.29 is 22.0 Å². The molecule has 1 aromatic heterocycles. The third-order valence-electron chi connectivity index (χ3n) is 5.67. The minimum Gasteiger partial charge on any atom is -0.447 e. The fourth-order valence-corrected chi connectivity index (χ4v) is 5.31. The van der Waals surface area contributed by atoms with Gasteiger partial charge < -0.3 is 14.2 Å². The van der Waals surface area contributed by atoms with Crippen molar-refractivity contribution in [3.05, 3.63) is 48.0 Å². The number of anilines is 1. The smallest absolute Gasteiger partial charge is 0.276 e. The van der Waals surface area contributed by atoms with E-state index in [1.807, 2.05) is 4.90 Å². The van der Waals surface area contributed by atoms with E-state index in [9.17, 15) is 17.6 Å². The van der Waals surface area contributed by atoms with Crippen LogP contribution in [0.5, 0.6) is 0 Å². The molecule has 0 aliphatic carbocycles. The van der Waals surface area contributed by atoms with Gasteiger partial charge in [-0.05, 0) is 24.3 Å². The molecule has 4 rings (SSSR count). The molecule has 0 saturated carbocycles. The number of halogens is 1. The first-order valence-corrected chi connectivity index (χ1v) is 11.5. The number of hydrogen-bond acceptors (Lipinski definition) is 7. The number of hydrazine groups is 1. The first-order valence-electron chi connectivity index (χ1n) is 10.1. The summed E-state index contributed by atoms with van der Waals surface area (Å²) in [6, 6.07) is 9.01. The van der Waals surface area contributed by atoms with E-state index >= 15 is 0 Å². The van der Waals surface area contributed by atoms with E-state index in [4.69, 9.17) is 4.42 Å². The molecule has 11 heteroatoms. The number of carbonyl (C=O) groups is 1. The van der Waals surface area contributed by atoms with Gasteiger partial charge in [0.05, 0.1) is 17.6 Å². The molecule has 2 saturated heterocycles. The average molecular weight is 452 g/mol. The Hall–Kier alpha value is -2.47. The second-order valence-corrected chi connectivity index (χ2v) is 9.71. The number of piperazine rings is 1. The fourth-order valence-electron chi connectivity index (χ4n) is 3.97. The van der Waals surface area contributed by atoms with E-state index in [2.05, 4.69) is 10.9 Å². The highest BCUT2D eigenvalue weighted by atomic mass is 32.2. The lowest BCUT2D eigenvalue weighted by atomic mass is 9.99. The van der Waals surface area contributed by atoms with Crippen LogP contribution in [0.15, 0.2) is 45.9 Å². The number of sulfonamides is 1. The number of amides is 1. The van der Waals surface area contributed by atoms with E-state index in [1.54, 1.807) is 38.4 Å². The molecule has 2 atom stereocenters. The van der Waals surface area contributed by atoms with Gasteiger partial charge in [0.25, 0.3) is 10.0 Å². The second-order valence-electron chi connectivity index (χ2n) is 7.84. The summed E-state index contributed by atoms with van der Waals surface area (Å²) in [5.41, 5.74) is 6.40. The van der Waals surface area contributed by atoms with Gasteiger partial charge in [-0.2, -0.15) is 4.31 Å². The molecule has 3 heterocycles. The lowest BCUT2D eigenvalue weighted by Crippen LogP contribution is -2.48. The van der Waals surface area contributed by atoms with E-state index in [0.717, 1.165) is 0 Å². The SMILES string of the molecule is CN(C)C(=O)C1CNNC1c1ccc(S(=O)(=O)N2CCN(c3ccccc3F)CC2)o1. The monoisotopic (exact) mass is 451 g/mol. The molecule has 0 spiro atoms. The predicted molar refractivity (Wildman–Crippen MR) is 112 cm³/mol. The molecule has 0 radical (unpaired) electrons. The van der Waals surface area contributed by atoms with Crippen molar-refractivity contribution in [1.82, 2.24) is 20.1 Å². The Morgan fingerprint density at radius 2 is 1.84 bits per heavy atom. The van der Waals surface area contributed by atoms with Gasteiger partial charge in [-0.25, -0.2) is 18.2 Å². The molecule has 2 unspecified atom stereocenters. The van der Waals surface area contributed by atoms with Gasteiger partial charge in [-0.1, -0.05) is 12.1 Å². The highest BCUT2D eigenvalue weighted by molar-refractivity contribution is 7.89. The summed E-state index contributed by atoms with van der Waals surface area (Å²) in [4.78, 5) is 15.7. The van der Waals surface area contributed by atoms with Crippen LogP contribution in [0.2, 0.25) is 0 Å². The standard InChI is InChI=1S/C20H26FN5O4S/c1-24(2)20(27)14-13-22-23-19(14)17-7-8-18(30-17)31(28,29)26-11-9-25(10-12-26)16-6-4-3-5-15(16)21/h3-8,14,19,22-23H,9-13H2,1-2H3. The van der Waals surface area contributed by atoms with Crippen LogP contribution in [0.1, 0.15) is 11.8 Å². The van der Waals surface area contributed by atoms with Crippen molar-refractivity contribution in [3.8, 4) is 0 Å². The van der Waals surface area contributed by atoms with Crippen LogP contribution in [0.4, 0.5) is 10.1 Å². The zero-order valence-corrected chi connectivity index (χ0v) is 18.2. The van der Waals surface area contributed by atoms with Gasteiger partial charge in [0.2, 0.25) is 11.0 Å². The molecule has 1 amide bonds. The Balaban J connectivity index is 1.46. The quantitative estimate of drug-likeness (QED) is 0.693. The molecule has 9 nitrogen and oxygen atoms in total. The summed E-state index contributed by atoms with van der Waals surface area (Å²) in [7, 11) is -0.483. The Labute approximate surface area is 180 Å². The average Bonchev–Trinajstić information content (AvgIpc) is 3.43. The number of benzene rings is 1. The van der Waals surface area contributed by atoms with Crippen LogP contribution in [0.3, 0.4) is 0 Å². The third-order valence-corrected chi connectivity index (χ3v) is 7.45.